The van der Waals surface area contributed by atoms with Crippen LogP contribution in [0.5, 0.6) is 0 Å². The predicted molar refractivity (Wildman–Crippen MR) is 82.5 cm³/mol. The lowest BCUT2D eigenvalue weighted by atomic mass is 9.89. The molecule has 0 aliphatic heterocycles. The lowest BCUT2D eigenvalue weighted by molar-refractivity contribution is 0.0941. The summed E-state index contributed by atoms with van der Waals surface area (Å²) in [6.45, 7) is 6.55. The third kappa shape index (κ3) is 4.16. The molecule has 1 amide bonds. The quantitative estimate of drug-likeness (QED) is 0.898. The van der Waals surface area contributed by atoms with E-state index in [9.17, 15) is 9.59 Å². The molecule has 5 nitrogen and oxygen atoms in total. The molecular formula is C16H25N3O2. The fraction of sp³-hybridized carbons (Fsp3) is 0.688. The van der Waals surface area contributed by atoms with E-state index in [4.69, 9.17) is 0 Å². The predicted octanol–water partition coefficient (Wildman–Crippen LogP) is 2.38. The van der Waals surface area contributed by atoms with Gasteiger partial charge < -0.3 is 10.3 Å². The van der Waals surface area contributed by atoms with E-state index in [2.05, 4.69) is 15.3 Å². The largest absolute Gasteiger partial charge is 0.352 e. The van der Waals surface area contributed by atoms with Crippen molar-refractivity contribution in [1.29, 1.82) is 0 Å². The fourth-order valence-electron chi connectivity index (χ4n) is 2.66. The fourth-order valence-corrected chi connectivity index (χ4v) is 2.66. The number of nitrogens with zero attached hydrogens (tertiary/aromatic N) is 1. The van der Waals surface area contributed by atoms with Gasteiger partial charge in [0.2, 0.25) is 0 Å². The molecule has 2 N–H and O–H groups in total. The van der Waals surface area contributed by atoms with Crippen LogP contribution >= 0.6 is 0 Å². The molecule has 21 heavy (non-hydrogen) atoms. The molecule has 0 atom stereocenters. The molecule has 116 valence electrons. The Bertz CT molecular complexity index is 551. The molecule has 0 saturated heterocycles. The molecule has 1 aliphatic rings. The van der Waals surface area contributed by atoms with Gasteiger partial charge in [0.1, 0.15) is 11.4 Å². The summed E-state index contributed by atoms with van der Waals surface area (Å²) in [6.07, 6.45) is 7.49. The first-order valence-electron chi connectivity index (χ1n) is 7.76. The Morgan fingerprint density at radius 2 is 2.00 bits per heavy atom. The van der Waals surface area contributed by atoms with Crippen LogP contribution in [0.25, 0.3) is 0 Å². The number of hydrogen-bond acceptors (Lipinski definition) is 3. The van der Waals surface area contributed by atoms with Gasteiger partial charge in [-0.15, -0.1) is 0 Å². The lowest BCUT2D eigenvalue weighted by Gasteiger charge is -2.21. The zero-order chi connectivity index (χ0) is 15.5. The summed E-state index contributed by atoms with van der Waals surface area (Å²) in [5.41, 5.74) is -0.508. The minimum Gasteiger partial charge on any atom is -0.352 e. The number of aromatic nitrogens is 2. The van der Waals surface area contributed by atoms with Gasteiger partial charge in [-0.3, -0.25) is 9.59 Å². The smallest absolute Gasteiger partial charge is 0.263 e. The third-order valence-corrected chi connectivity index (χ3v) is 4.03. The second-order valence-electron chi connectivity index (χ2n) is 6.94. The Morgan fingerprint density at radius 3 is 2.57 bits per heavy atom. The average molecular weight is 291 g/mol. The Labute approximate surface area is 125 Å². The van der Waals surface area contributed by atoms with E-state index in [1.807, 2.05) is 20.8 Å². The molecule has 5 heteroatoms. The highest BCUT2D eigenvalue weighted by molar-refractivity contribution is 5.93. The Morgan fingerprint density at radius 1 is 1.33 bits per heavy atom. The van der Waals surface area contributed by atoms with Crippen molar-refractivity contribution < 1.29 is 4.79 Å². The highest BCUT2D eigenvalue weighted by Gasteiger charge is 2.20. The number of H-pyrrole nitrogens is 1. The maximum Gasteiger partial charge on any atom is 0.263 e. The van der Waals surface area contributed by atoms with Crippen molar-refractivity contribution in [3.8, 4) is 0 Å². The van der Waals surface area contributed by atoms with E-state index in [1.54, 1.807) is 0 Å². The maximum absolute atomic E-state index is 12.1. The van der Waals surface area contributed by atoms with Crippen LogP contribution < -0.4 is 10.9 Å². The molecule has 1 heterocycles. The Kier molecular flexibility index (Phi) is 4.80. The number of nitrogens with one attached hydrogen (secondary N) is 2. The first kappa shape index (κ1) is 15.7. The Hall–Kier alpha value is -1.65. The van der Waals surface area contributed by atoms with Crippen LogP contribution in [0.2, 0.25) is 0 Å². The van der Waals surface area contributed by atoms with Gasteiger partial charge in [0.05, 0.1) is 0 Å². The second kappa shape index (κ2) is 6.41. The molecule has 1 aliphatic carbocycles. The molecule has 0 bridgehead atoms. The van der Waals surface area contributed by atoms with Crippen LogP contribution in [0, 0.1) is 5.92 Å². The van der Waals surface area contributed by atoms with Crippen LogP contribution in [0.3, 0.4) is 0 Å². The van der Waals surface area contributed by atoms with Crippen molar-refractivity contribution in [2.75, 3.05) is 6.54 Å². The van der Waals surface area contributed by atoms with Gasteiger partial charge in [-0.2, -0.15) is 0 Å². The SMILES string of the molecule is CC(C)(C)c1ncc(C(=O)NCC2CCCCC2)c(=O)[nH]1. The lowest BCUT2D eigenvalue weighted by Crippen LogP contribution is -2.35. The number of amides is 1. The molecular weight excluding hydrogens is 266 g/mol. The van der Waals surface area contributed by atoms with Gasteiger partial charge in [0, 0.05) is 18.2 Å². The van der Waals surface area contributed by atoms with Gasteiger partial charge in [-0.1, -0.05) is 40.0 Å². The highest BCUT2D eigenvalue weighted by atomic mass is 16.2. The van der Waals surface area contributed by atoms with Crippen LogP contribution in [0.4, 0.5) is 0 Å². The summed E-state index contributed by atoms with van der Waals surface area (Å²) >= 11 is 0. The summed E-state index contributed by atoms with van der Waals surface area (Å²) in [7, 11) is 0. The third-order valence-electron chi connectivity index (χ3n) is 4.03. The van der Waals surface area contributed by atoms with Gasteiger partial charge >= 0.3 is 0 Å². The summed E-state index contributed by atoms with van der Waals surface area (Å²) < 4.78 is 0. The van der Waals surface area contributed by atoms with Crippen LogP contribution in [-0.2, 0) is 5.41 Å². The van der Waals surface area contributed by atoms with Crippen LogP contribution in [-0.4, -0.2) is 22.4 Å². The number of hydrogen-bond donors (Lipinski definition) is 2. The molecule has 0 unspecified atom stereocenters. The zero-order valence-electron chi connectivity index (χ0n) is 13.2. The standard InChI is InChI=1S/C16H25N3O2/c1-16(2,3)15-18-10-12(14(21)19-15)13(20)17-9-11-7-5-4-6-8-11/h10-11H,4-9H2,1-3H3,(H,17,20)(H,18,19,21). The molecule has 1 aromatic rings. The molecule has 1 aromatic heterocycles. The van der Waals surface area contributed by atoms with Crippen LogP contribution in [0.15, 0.2) is 11.0 Å². The average Bonchev–Trinajstić information content (AvgIpc) is 2.45. The van der Waals surface area contributed by atoms with Crippen molar-refractivity contribution in [2.45, 2.75) is 58.3 Å². The van der Waals surface area contributed by atoms with Crippen molar-refractivity contribution >= 4 is 5.91 Å². The minimum absolute atomic E-state index is 0.0961. The minimum atomic E-state index is -0.365. The Balaban J connectivity index is 2.00. The number of aromatic amines is 1. The normalized spacial score (nSPS) is 16.7. The summed E-state index contributed by atoms with van der Waals surface area (Å²) in [5, 5.41) is 2.87. The number of rotatable bonds is 3. The molecule has 1 saturated carbocycles. The van der Waals surface area contributed by atoms with E-state index in [0.717, 1.165) is 12.8 Å². The molecule has 0 spiro atoms. The zero-order valence-corrected chi connectivity index (χ0v) is 13.2. The topological polar surface area (TPSA) is 74.8 Å². The first-order valence-corrected chi connectivity index (χ1v) is 7.76. The van der Waals surface area contributed by atoms with Crippen LogP contribution in [0.1, 0.15) is 69.1 Å². The van der Waals surface area contributed by atoms with Crippen molar-refractivity contribution in [1.82, 2.24) is 15.3 Å². The summed E-state index contributed by atoms with van der Waals surface area (Å²) in [6, 6.07) is 0. The van der Waals surface area contributed by atoms with E-state index in [0.29, 0.717) is 18.3 Å². The molecule has 0 radical (unpaired) electrons. The van der Waals surface area contributed by atoms with E-state index < -0.39 is 0 Å². The monoisotopic (exact) mass is 291 g/mol. The summed E-state index contributed by atoms with van der Waals surface area (Å²) in [5.74, 6) is 0.815. The molecule has 2 rings (SSSR count). The number of carbonyl (C=O) groups excluding carboxylic acids is 1. The van der Waals surface area contributed by atoms with E-state index >= 15 is 0 Å². The molecule has 0 aromatic carbocycles. The van der Waals surface area contributed by atoms with E-state index in [-0.39, 0.29) is 22.4 Å². The van der Waals surface area contributed by atoms with Gasteiger partial charge in [0.15, 0.2) is 0 Å². The van der Waals surface area contributed by atoms with Gasteiger partial charge in [-0.25, -0.2) is 4.98 Å². The van der Waals surface area contributed by atoms with Gasteiger partial charge in [0.25, 0.3) is 11.5 Å². The maximum atomic E-state index is 12.1. The van der Waals surface area contributed by atoms with E-state index in [1.165, 1.54) is 25.5 Å². The second-order valence-corrected chi connectivity index (χ2v) is 6.94. The summed E-state index contributed by atoms with van der Waals surface area (Å²) in [4.78, 5) is 31.0. The first-order chi connectivity index (χ1) is 9.88. The van der Waals surface area contributed by atoms with Crippen molar-refractivity contribution in [3.05, 3.63) is 27.9 Å². The molecule has 1 fully saturated rings. The highest BCUT2D eigenvalue weighted by Crippen LogP contribution is 2.22. The number of carbonyl (C=O) groups is 1. The van der Waals surface area contributed by atoms with Crippen molar-refractivity contribution in [2.24, 2.45) is 5.92 Å². The van der Waals surface area contributed by atoms with Crippen molar-refractivity contribution in [3.63, 3.8) is 0 Å². The van der Waals surface area contributed by atoms with Gasteiger partial charge in [-0.05, 0) is 18.8 Å².